The molecule has 34 heavy (non-hydrogen) atoms. The Bertz CT molecular complexity index is 1350. The average molecular weight is 456 g/mol. The van der Waals surface area contributed by atoms with Gasteiger partial charge in [-0.3, -0.25) is 4.90 Å². The van der Waals surface area contributed by atoms with Crippen LogP contribution in [0, 0.1) is 12.8 Å². The number of hydrogen-bond acceptors (Lipinski definition) is 8. The molecule has 0 N–H and O–H groups in total. The van der Waals surface area contributed by atoms with Crippen molar-refractivity contribution < 1.29 is 4.42 Å². The maximum Gasteiger partial charge on any atom is 0.192 e. The van der Waals surface area contributed by atoms with Crippen LogP contribution in [0.5, 0.6) is 0 Å². The third-order valence-electron chi connectivity index (χ3n) is 7.51. The van der Waals surface area contributed by atoms with Crippen LogP contribution in [0.1, 0.15) is 18.7 Å². The van der Waals surface area contributed by atoms with Gasteiger partial charge in [-0.1, -0.05) is 0 Å². The van der Waals surface area contributed by atoms with Crippen molar-refractivity contribution in [3.63, 3.8) is 0 Å². The van der Waals surface area contributed by atoms with Gasteiger partial charge in [-0.05, 0) is 49.1 Å². The minimum Gasteiger partial charge on any atom is -0.441 e. The van der Waals surface area contributed by atoms with Gasteiger partial charge in [-0.15, -0.1) is 0 Å². The minimum atomic E-state index is 0.623. The van der Waals surface area contributed by atoms with E-state index in [1.165, 1.54) is 45.6 Å². The number of nitrogens with zero attached hydrogens (tertiary/aromatic N) is 7. The van der Waals surface area contributed by atoms with E-state index in [2.05, 4.69) is 24.7 Å². The van der Waals surface area contributed by atoms with Crippen molar-refractivity contribution in [2.75, 3.05) is 50.7 Å². The molecule has 5 heterocycles. The number of rotatable bonds is 5. The van der Waals surface area contributed by atoms with Crippen LogP contribution in [0.3, 0.4) is 0 Å². The zero-order chi connectivity index (χ0) is 22.6. The lowest BCUT2D eigenvalue weighted by Crippen LogP contribution is -2.63. The molecule has 8 nitrogen and oxygen atoms in total. The Morgan fingerprint density at radius 3 is 2.62 bits per heavy atom. The van der Waals surface area contributed by atoms with Crippen LogP contribution in [0.25, 0.3) is 33.5 Å². The normalized spacial score (nSPS) is 20.3. The molecule has 2 saturated heterocycles. The van der Waals surface area contributed by atoms with Crippen molar-refractivity contribution in [3.8, 4) is 11.3 Å². The Balaban J connectivity index is 1.05. The summed E-state index contributed by atoms with van der Waals surface area (Å²) >= 11 is 0. The number of aromatic nitrogens is 4. The van der Waals surface area contributed by atoms with Gasteiger partial charge in [0.05, 0.1) is 11.9 Å². The van der Waals surface area contributed by atoms with Crippen molar-refractivity contribution in [3.05, 3.63) is 42.4 Å². The molecule has 8 heteroatoms. The predicted molar refractivity (Wildman–Crippen MR) is 132 cm³/mol. The molecule has 2 aliphatic heterocycles. The Morgan fingerprint density at radius 1 is 0.941 bits per heavy atom. The van der Waals surface area contributed by atoms with Gasteiger partial charge in [0.25, 0.3) is 0 Å². The van der Waals surface area contributed by atoms with Crippen molar-refractivity contribution >= 4 is 28.1 Å². The number of pyridine rings is 1. The van der Waals surface area contributed by atoms with Crippen molar-refractivity contribution in [1.82, 2.24) is 29.7 Å². The van der Waals surface area contributed by atoms with E-state index in [0.29, 0.717) is 17.6 Å². The number of anilines is 1. The summed E-state index contributed by atoms with van der Waals surface area (Å²) in [6.07, 6.45) is 4.77. The van der Waals surface area contributed by atoms with Crippen molar-refractivity contribution in [1.29, 1.82) is 0 Å². The molecule has 0 spiro atoms. The van der Waals surface area contributed by atoms with Gasteiger partial charge in [-0.25, -0.2) is 19.9 Å². The van der Waals surface area contributed by atoms with Crippen LogP contribution in [-0.2, 0) is 0 Å². The first-order valence-corrected chi connectivity index (χ1v) is 12.4. The largest absolute Gasteiger partial charge is 0.441 e. The molecule has 0 radical (unpaired) electrons. The first-order chi connectivity index (χ1) is 16.7. The monoisotopic (exact) mass is 455 g/mol. The highest BCUT2D eigenvalue weighted by molar-refractivity contribution is 5.82. The first kappa shape index (κ1) is 20.3. The Labute approximate surface area is 198 Å². The molecule has 0 amide bonds. The predicted octanol–water partition coefficient (Wildman–Crippen LogP) is 3.36. The molecular formula is C26H29N7O. The fourth-order valence-corrected chi connectivity index (χ4v) is 5.25. The van der Waals surface area contributed by atoms with Crippen LogP contribution < -0.4 is 4.90 Å². The number of oxazole rings is 1. The zero-order valence-electron chi connectivity index (χ0n) is 19.5. The Hall–Kier alpha value is -3.10. The summed E-state index contributed by atoms with van der Waals surface area (Å²) in [4.78, 5) is 26.4. The highest BCUT2D eigenvalue weighted by Crippen LogP contribution is 2.31. The Morgan fingerprint density at radius 2 is 1.79 bits per heavy atom. The first-order valence-electron chi connectivity index (χ1n) is 12.4. The summed E-state index contributed by atoms with van der Waals surface area (Å²) in [7, 11) is 0. The second-order valence-electron chi connectivity index (χ2n) is 10.0. The fraction of sp³-hybridized carbons (Fsp3) is 0.462. The molecule has 1 saturated carbocycles. The van der Waals surface area contributed by atoms with E-state index in [-0.39, 0.29) is 0 Å². The van der Waals surface area contributed by atoms with Crippen molar-refractivity contribution in [2.45, 2.75) is 25.8 Å². The van der Waals surface area contributed by atoms with Gasteiger partial charge in [0, 0.05) is 64.3 Å². The smallest absolute Gasteiger partial charge is 0.192 e. The number of aryl methyl sites for hydroxylation is 1. The van der Waals surface area contributed by atoms with Crippen LogP contribution >= 0.6 is 0 Å². The number of fused-ring (bicyclic) bond motifs is 2. The second-order valence-corrected chi connectivity index (χ2v) is 10.0. The standard InChI is InChI=1S/C26H29N7O/c1-17-28-23-12-19(4-7-24(23)34-17)21-5-6-22-26(29-21)30-25(13-27-22)33-15-20(16-33)32-10-8-31(9-11-32)14-18-2-3-18/h4-7,12-13,18,20H,2-3,8-11,14-16H2,1H3. The quantitative estimate of drug-likeness (QED) is 0.454. The topological polar surface area (TPSA) is 74.4 Å². The van der Waals surface area contributed by atoms with Gasteiger partial charge in [0.2, 0.25) is 0 Å². The van der Waals surface area contributed by atoms with E-state index in [1.807, 2.05) is 43.5 Å². The van der Waals surface area contributed by atoms with Gasteiger partial charge in [0.15, 0.2) is 17.1 Å². The average Bonchev–Trinajstić information content (AvgIpc) is 3.56. The van der Waals surface area contributed by atoms with Gasteiger partial charge >= 0.3 is 0 Å². The number of piperazine rings is 1. The summed E-state index contributed by atoms with van der Waals surface area (Å²) in [5.41, 5.74) is 5.00. The lowest BCUT2D eigenvalue weighted by Gasteiger charge is -2.48. The van der Waals surface area contributed by atoms with E-state index in [9.17, 15) is 0 Å². The molecule has 3 aromatic heterocycles. The van der Waals surface area contributed by atoms with Crippen LogP contribution in [0.15, 0.2) is 40.9 Å². The lowest BCUT2D eigenvalue weighted by molar-refractivity contribution is 0.0807. The van der Waals surface area contributed by atoms with E-state index in [1.54, 1.807) is 0 Å². The lowest BCUT2D eigenvalue weighted by atomic mass is 10.1. The summed E-state index contributed by atoms with van der Waals surface area (Å²) in [6.45, 7) is 10.0. The molecular weight excluding hydrogens is 426 g/mol. The van der Waals surface area contributed by atoms with Crippen LogP contribution in [-0.4, -0.2) is 81.6 Å². The summed E-state index contributed by atoms with van der Waals surface area (Å²) in [5.74, 6) is 2.58. The molecule has 0 unspecified atom stereocenters. The minimum absolute atomic E-state index is 0.623. The summed E-state index contributed by atoms with van der Waals surface area (Å²) in [6, 6.07) is 10.6. The molecule has 174 valence electrons. The molecule has 3 fully saturated rings. The number of benzene rings is 1. The van der Waals surface area contributed by atoms with Gasteiger partial charge in [-0.2, -0.15) is 0 Å². The van der Waals surface area contributed by atoms with Crippen LogP contribution in [0.4, 0.5) is 5.82 Å². The SMILES string of the molecule is Cc1nc2cc(-c3ccc4ncc(N5CC(N6CCN(CC7CC7)CC6)C5)nc4n3)ccc2o1. The van der Waals surface area contributed by atoms with E-state index >= 15 is 0 Å². The molecule has 0 atom stereocenters. The molecule has 1 aliphatic carbocycles. The van der Waals surface area contributed by atoms with Crippen molar-refractivity contribution in [2.24, 2.45) is 5.92 Å². The third-order valence-corrected chi connectivity index (χ3v) is 7.51. The Kier molecular flexibility index (Phi) is 4.77. The van der Waals surface area contributed by atoms with E-state index < -0.39 is 0 Å². The van der Waals surface area contributed by atoms with E-state index in [0.717, 1.165) is 52.7 Å². The van der Waals surface area contributed by atoms with Gasteiger partial charge in [0.1, 0.15) is 16.9 Å². The third kappa shape index (κ3) is 3.80. The highest BCUT2D eigenvalue weighted by Gasteiger charge is 2.35. The van der Waals surface area contributed by atoms with Crippen LogP contribution in [0.2, 0.25) is 0 Å². The summed E-state index contributed by atoms with van der Waals surface area (Å²) in [5, 5.41) is 0. The maximum atomic E-state index is 5.60. The fourth-order valence-electron chi connectivity index (χ4n) is 5.25. The highest BCUT2D eigenvalue weighted by atomic mass is 16.3. The molecule has 0 bridgehead atoms. The zero-order valence-corrected chi connectivity index (χ0v) is 19.5. The molecule has 1 aromatic carbocycles. The summed E-state index contributed by atoms with van der Waals surface area (Å²) < 4.78 is 5.60. The van der Waals surface area contributed by atoms with E-state index in [4.69, 9.17) is 14.4 Å². The second kappa shape index (κ2) is 7.99. The number of hydrogen-bond donors (Lipinski definition) is 0. The molecule has 4 aromatic rings. The molecule has 7 rings (SSSR count). The molecule has 3 aliphatic rings. The van der Waals surface area contributed by atoms with Gasteiger partial charge < -0.3 is 14.2 Å². The maximum absolute atomic E-state index is 5.60.